The highest BCUT2D eigenvalue weighted by Gasteiger charge is 2.35. The number of halogens is 2. The molecule has 1 fully saturated rings. The van der Waals surface area contributed by atoms with E-state index in [0.717, 1.165) is 0 Å². The fourth-order valence-electron chi connectivity index (χ4n) is 1.85. The summed E-state index contributed by atoms with van der Waals surface area (Å²) in [5.41, 5.74) is 0.274. The molecule has 0 spiro atoms. The van der Waals surface area contributed by atoms with Gasteiger partial charge in [0.15, 0.2) is 0 Å². The molecule has 17 heavy (non-hydrogen) atoms. The van der Waals surface area contributed by atoms with Gasteiger partial charge in [0, 0.05) is 0 Å². The smallest absolute Gasteiger partial charge is 0.319 e. The Kier molecular flexibility index (Phi) is 3.05. The standard InChI is InChI=1S/C9H11F2N3O3/c1-5-8(14(15)16)4-13(12-5)6-2-7(3-6)17-9(10)11/h4,6-7,9H,2-3H2,1H3. The zero-order chi connectivity index (χ0) is 12.6. The third-order valence-electron chi connectivity index (χ3n) is 2.83. The van der Waals surface area contributed by atoms with Crippen LogP contribution in [0.15, 0.2) is 6.20 Å². The third-order valence-corrected chi connectivity index (χ3v) is 2.83. The minimum atomic E-state index is -2.77. The second kappa shape index (κ2) is 4.36. The number of nitrogens with zero attached hydrogens (tertiary/aromatic N) is 3. The van der Waals surface area contributed by atoms with Crippen molar-refractivity contribution in [3.05, 3.63) is 22.0 Å². The van der Waals surface area contributed by atoms with Gasteiger partial charge in [-0.3, -0.25) is 14.8 Å². The van der Waals surface area contributed by atoms with Crippen molar-refractivity contribution in [2.75, 3.05) is 0 Å². The van der Waals surface area contributed by atoms with Crippen molar-refractivity contribution in [2.45, 2.75) is 38.5 Å². The molecule has 0 bridgehead atoms. The SMILES string of the molecule is Cc1nn(C2CC(OC(F)F)C2)cc1[N+](=O)[O-]. The zero-order valence-corrected chi connectivity index (χ0v) is 9.05. The van der Waals surface area contributed by atoms with E-state index in [0.29, 0.717) is 18.5 Å². The summed E-state index contributed by atoms with van der Waals surface area (Å²) in [5, 5.41) is 14.6. The molecule has 1 heterocycles. The van der Waals surface area contributed by atoms with E-state index in [2.05, 4.69) is 9.84 Å². The van der Waals surface area contributed by atoms with Crippen LogP contribution in [-0.2, 0) is 4.74 Å². The Morgan fingerprint density at radius 1 is 1.65 bits per heavy atom. The number of alkyl halides is 2. The van der Waals surface area contributed by atoms with Crippen LogP contribution >= 0.6 is 0 Å². The fourth-order valence-corrected chi connectivity index (χ4v) is 1.85. The molecule has 0 radical (unpaired) electrons. The maximum Gasteiger partial charge on any atom is 0.345 e. The maximum atomic E-state index is 11.9. The van der Waals surface area contributed by atoms with Gasteiger partial charge < -0.3 is 4.74 Å². The number of nitro groups is 1. The van der Waals surface area contributed by atoms with E-state index in [4.69, 9.17) is 0 Å². The molecule has 0 amide bonds. The molecule has 1 aromatic rings. The van der Waals surface area contributed by atoms with Crippen LogP contribution in [0.5, 0.6) is 0 Å². The largest absolute Gasteiger partial charge is 0.345 e. The lowest BCUT2D eigenvalue weighted by Gasteiger charge is -2.34. The lowest BCUT2D eigenvalue weighted by molar-refractivity contribution is -0.385. The van der Waals surface area contributed by atoms with Crippen LogP contribution in [0, 0.1) is 17.0 Å². The van der Waals surface area contributed by atoms with Crippen LogP contribution in [0.25, 0.3) is 0 Å². The van der Waals surface area contributed by atoms with Gasteiger partial charge in [-0.05, 0) is 19.8 Å². The van der Waals surface area contributed by atoms with Crippen molar-refractivity contribution in [3.63, 3.8) is 0 Å². The zero-order valence-electron chi connectivity index (χ0n) is 9.05. The van der Waals surface area contributed by atoms with Gasteiger partial charge in [-0.1, -0.05) is 0 Å². The van der Waals surface area contributed by atoms with Crippen molar-refractivity contribution in [1.82, 2.24) is 9.78 Å². The van der Waals surface area contributed by atoms with Gasteiger partial charge in [-0.2, -0.15) is 13.9 Å². The summed E-state index contributed by atoms with van der Waals surface area (Å²) in [6.07, 6.45) is 1.66. The van der Waals surface area contributed by atoms with Gasteiger partial charge in [-0.25, -0.2) is 0 Å². The summed E-state index contributed by atoms with van der Waals surface area (Å²) >= 11 is 0. The van der Waals surface area contributed by atoms with Crippen LogP contribution in [0.3, 0.4) is 0 Å². The molecule has 1 saturated carbocycles. The highest BCUT2D eigenvalue weighted by atomic mass is 19.3. The molecular weight excluding hydrogens is 236 g/mol. The Morgan fingerprint density at radius 2 is 2.29 bits per heavy atom. The summed E-state index contributed by atoms with van der Waals surface area (Å²) in [4.78, 5) is 10.1. The molecule has 0 aromatic carbocycles. The van der Waals surface area contributed by atoms with Crippen molar-refractivity contribution in [1.29, 1.82) is 0 Å². The van der Waals surface area contributed by atoms with Gasteiger partial charge in [0.25, 0.3) is 0 Å². The second-order valence-electron chi connectivity index (χ2n) is 3.98. The lowest BCUT2D eigenvalue weighted by Crippen LogP contribution is -2.34. The number of hydrogen-bond acceptors (Lipinski definition) is 4. The molecule has 0 atom stereocenters. The van der Waals surface area contributed by atoms with Crippen LogP contribution in [0.4, 0.5) is 14.5 Å². The Hall–Kier alpha value is -1.57. The molecular formula is C9H11F2N3O3. The van der Waals surface area contributed by atoms with Crippen molar-refractivity contribution in [2.24, 2.45) is 0 Å². The normalized spacial score (nSPS) is 23.8. The minimum absolute atomic E-state index is 0.0526. The Bertz CT molecular complexity index is 429. The van der Waals surface area contributed by atoms with E-state index in [1.165, 1.54) is 10.9 Å². The Labute approximate surface area is 95.3 Å². The average Bonchev–Trinajstić information content (AvgIpc) is 2.52. The van der Waals surface area contributed by atoms with Gasteiger partial charge in [0.2, 0.25) is 0 Å². The highest BCUT2D eigenvalue weighted by molar-refractivity contribution is 5.31. The van der Waals surface area contributed by atoms with Crippen LogP contribution in [0.2, 0.25) is 0 Å². The second-order valence-corrected chi connectivity index (χ2v) is 3.98. The molecule has 8 heteroatoms. The fraction of sp³-hybridized carbons (Fsp3) is 0.667. The summed E-state index contributed by atoms with van der Waals surface area (Å²) in [6, 6.07) is -0.0915. The summed E-state index contributed by atoms with van der Waals surface area (Å²) in [5.74, 6) is 0. The first-order valence-corrected chi connectivity index (χ1v) is 5.11. The van der Waals surface area contributed by atoms with Crippen molar-refractivity contribution < 1.29 is 18.4 Å². The first-order chi connectivity index (χ1) is 7.97. The van der Waals surface area contributed by atoms with Gasteiger partial charge >= 0.3 is 12.3 Å². The number of rotatable bonds is 4. The Balaban J connectivity index is 1.97. The predicted molar refractivity (Wildman–Crippen MR) is 52.8 cm³/mol. The molecule has 1 aliphatic rings. The lowest BCUT2D eigenvalue weighted by atomic mass is 9.89. The van der Waals surface area contributed by atoms with Crippen LogP contribution in [-0.4, -0.2) is 27.4 Å². The van der Waals surface area contributed by atoms with E-state index in [9.17, 15) is 18.9 Å². The van der Waals surface area contributed by atoms with E-state index in [1.807, 2.05) is 0 Å². The van der Waals surface area contributed by atoms with Gasteiger partial charge in [-0.15, -0.1) is 0 Å². The molecule has 0 unspecified atom stereocenters. The quantitative estimate of drug-likeness (QED) is 0.603. The molecule has 0 saturated heterocycles. The molecule has 0 N–H and O–H groups in total. The van der Waals surface area contributed by atoms with E-state index in [-0.39, 0.29) is 11.7 Å². The molecule has 1 aliphatic carbocycles. The number of ether oxygens (including phenoxy) is 1. The van der Waals surface area contributed by atoms with Crippen molar-refractivity contribution >= 4 is 5.69 Å². The van der Waals surface area contributed by atoms with Crippen molar-refractivity contribution in [3.8, 4) is 0 Å². The minimum Gasteiger partial charge on any atom is -0.319 e. The summed E-state index contributed by atoms with van der Waals surface area (Å²) in [7, 11) is 0. The molecule has 0 aliphatic heterocycles. The number of aryl methyl sites for hydroxylation is 1. The molecule has 94 valence electrons. The molecule has 2 rings (SSSR count). The van der Waals surface area contributed by atoms with E-state index in [1.54, 1.807) is 6.92 Å². The Morgan fingerprint density at radius 3 is 2.76 bits per heavy atom. The van der Waals surface area contributed by atoms with Crippen LogP contribution < -0.4 is 0 Å². The highest BCUT2D eigenvalue weighted by Crippen LogP contribution is 2.36. The van der Waals surface area contributed by atoms with Gasteiger partial charge in [0.1, 0.15) is 11.9 Å². The maximum absolute atomic E-state index is 11.9. The number of aromatic nitrogens is 2. The average molecular weight is 247 g/mol. The summed E-state index contributed by atoms with van der Waals surface area (Å²) in [6.45, 7) is -1.23. The summed E-state index contributed by atoms with van der Waals surface area (Å²) < 4.78 is 29.5. The van der Waals surface area contributed by atoms with Crippen LogP contribution in [0.1, 0.15) is 24.6 Å². The predicted octanol–water partition coefficient (Wildman–Crippen LogP) is 2.04. The first-order valence-electron chi connectivity index (χ1n) is 5.11. The molecule has 6 nitrogen and oxygen atoms in total. The first kappa shape index (κ1) is 11.9. The van der Waals surface area contributed by atoms with E-state index >= 15 is 0 Å². The third kappa shape index (κ3) is 2.41. The monoisotopic (exact) mass is 247 g/mol. The van der Waals surface area contributed by atoms with Gasteiger partial charge in [0.05, 0.1) is 17.1 Å². The molecule has 1 aromatic heterocycles. The topological polar surface area (TPSA) is 70.2 Å². The number of hydrogen-bond donors (Lipinski definition) is 0. The van der Waals surface area contributed by atoms with E-state index < -0.39 is 17.6 Å².